The van der Waals surface area contributed by atoms with Gasteiger partial charge in [-0.25, -0.2) is 4.39 Å². The Bertz CT molecular complexity index is 293. The number of nitrogens with two attached hydrogens (primary N) is 1. The molecule has 4 heteroatoms. The lowest BCUT2D eigenvalue weighted by atomic mass is 10.3. The standard InChI is InChI=1S/C10H14FNOS/c1-7(12)10(6-13)14-9-5-3-2-4-8(9)11/h2-5,7,10,13H,6,12H2,1H3. The van der Waals surface area contributed by atoms with Gasteiger partial charge in [0.05, 0.1) is 6.61 Å². The van der Waals surface area contributed by atoms with Gasteiger partial charge in [-0.15, -0.1) is 11.8 Å². The molecule has 0 aliphatic carbocycles. The summed E-state index contributed by atoms with van der Waals surface area (Å²) in [5, 5.41) is 8.87. The van der Waals surface area contributed by atoms with Crippen molar-refractivity contribution < 1.29 is 9.50 Å². The van der Waals surface area contributed by atoms with Crippen LogP contribution in [0.3, 0.4) is 0 Å². The van der Waals surface area contributed by atoms with Gasteiger partial charge in [0.15, 0.2) is 0 Å². The molecule has 1 aromatic rings. The lowest BCUT2D eigenvalue weighted by Crippen LogP contribution is -2.31. The van der Waals surface area contributed by atoms with Crippen molar-refractivity contribution in [2.75, 3.05) is 6.61 Å². The summed E-state index contributed by atoms with van der Waals surface area (Å²) in [6.45, 7) is 1.76. The Morgan fingerprint density at radius 3 is 2.64 bits per heavy atom. The second-order valence-electron chi connectivity index (χ2n) is 3.13. The Labute approximate surface area is 87.3 Å². The van der Waals surface area contributed by atoms with Gasteiger partial charge in [-0.1, -0.05) is 12.1 Å². The van der Waals surface area contributed by atoms with E-state index in [9.17, 15) is 4.39 Å². The maximum Gasteiger partial charge on any atom is 0.136 e. The molecule has 2 unspecified atom stereocenters. The van der Waals surface area contributed by atoms with Crippen molar-refractivity contribution in [1.82, 2.24) is 0 Å². The summed E-state index contributed by atoms with van der Waals surface area (Å²) >= 11 is 1.27. The van der Waals surface area contributed by atoms with Crippen molar-refractivity contribution in [2.45, 2.75) is 23.1 Å². The third-order valence-corrected chi connectivity index (χ3v) is 3.35. The molecular formula is C10H14FNOS. The number of thioether (sulfide) groups is 1. The molecule has 0 radical (unpaired) electrons. The fourth-order valence-corrected chi connectivity index (χ4v) is 1.97. The highest BCUT2D eigenvalue weighted by Gasteiger charge is 2.15. The smallest absolute Gasteiger partial charge is 0.136 e. The van der Waals surface area contributed by atoms with E-state index in [0.717, 1.165) is 0 Å². The Balaban J connectivity index is 2.72. The van der Waals surface area contributed by atoms with Crippen molar-refractivity contribution in [3.63, 3.8) is 0 Å². The minimum atomic E-state index is -0.267. The van der Waals surface area contributed by atoms with Crippen LogP contribution in [0.2, 0.25) is 0 Å². The summed E-state index contributed by atoms with van der Waals surface area (Å²) in [7, 11) is 0. The number of hydrogen-bond donors (Lipinski definition) is 2. The molecule has 0 spiro atoms. The number of aliphatic hydroxyl groups excluding tert-OH is 1. The van der Waals surface area contributed by atoms with Crippen LogP contribution in [0.4, 0.5) is 4.39 Å². The van der Waals surface area contributed by atoms with Gasteiger partial charge in [-0.2, -0.15) is 0 Å². The van der Waals surface area contributed by atoms with Gasteiger partial charge in [0.2, 0.25) is 0 Å². The second-order valence-corrected chi connectivity index (χ2v) is 4.41. The van der Waals surface area contributed by atoms with Crippen LogP contribution in [-0.2, 0) is 0 Å². The molecule has 14 heavy (non-hydrogen) atoms. The highest BCUT2D eigenvalue weighted by atomic mass is 32.2. The topological polar surface area (TPSA) is 46.2 Å². The van der Waals surface area contributed by atoms with E-state index in [1.165, 1.54) is 17.8 Å². The van der Waals surface area contributed by atoms with Crippen molar-refractivity contribution in [2.24, 2.45) is 5.73 Å². The Morgan fingerprint density at radius 1 is 1.50 bits per heavy atom. The van der Waals surface area contributed by atoms with Crippen LogP contribution in [0, 0.1) is 5.82 Å². The van der Waals surface area contributed by atoms with Gasteiger partial charge >= 0.3 is 0 Å². The van der Waals surface area contributed by atoms with E-state index in [2.05, 4.69) is 0 Å². The van der Waals surface area contributed by atoms with Crippen LogP contribution < -0.4 is 5.73 Å². The molecule has 0 aliphatic rings. The van der Waals surface area contributed by atoms with Crippen molar-refractivity contribution in [3.05, 3.63) is 30.1 Å². The SMILES string of the molecule is CC(N)C(CO)Sc1ccccc1F. The maximum absolute atomic E-state index is 13.2. The third-order valence-electron chi connectivity index (χ3n) is 1.88. The van der Waals surface area contributed by atoms with Crippen molar-refractivity contribution in [3.8, 4) is 0 Å². The summed E-state index contributed by atoms with van der Waals surface area (Å²) in [5.41, 5.74) is 5.64. The predicted molar refractivity (Wildman–Crippen MR) is 56.8 cm³/mol. The monoisotopic (exact) mass is 215 g/mol. The van der Waals surface area contributed by atoms with Crippen LogP contribution >= 0.6 is 11.8 Å². The van der Waals surface area contributed by atoms with Gasteiger partial charge in [-0.3, -0.25) is 0 Å². The van der Waals surface area contributed by atoms with E-state index in [1.807, 2.05) is 0 Å². The van der Waals surface area contributed by atoms with Gasteiger partial charge in [-0.05, 0) is 19.1 Å². The molecule has 0 aromatic heterocycles. The molecule has 2 nitrogen and oxygen atoms in total. The second kappa shape index (κ2) is 5.34. The summed E-state index contributed by atoms with van der Waals surface area (Å²) in [5.74, 6) is -0.267. The van der Waals surface area contributed by atoms with Gasteiger partial charge < -0.3 is 10.8 Å². The molecule has 0 saturated heterocycles. The molecule has 0 bridgehead atoms. The number of aliphatic hydroxyl groups is 1. The molecule has 1 aromatic carbocycles. The van der Waals surface area contributed by atoms with Gasteiger partial charge in [0.1, 0.15) is 5.82 Å². The first-order valence-electron chi connectivity index (χ1n) is 4.42. The lowest BCUT2D eigenvalue weighted by Gasteiger charge is -2.17. The van der Waals surface area contributed by atoms with E-state index in [1.54, 1.807) is 25.1 Å². The average Bonchev–Trinajstić information content (AvgIpc) is 2.16. The summed E-state index contributed by atoms with van der Waals surface area (Å²) in [4.78, 5) is 0.531. The Kier molecular flexibility index (Phi) is 4.38. The first-order chi connectivity index (χ1) is 6.65. The zero-order valence-corrected chi connectivity index (χ0v) is 8.80. The molecular weight excluding hydrogens is 201 g/mol. The summed E-state index contributed by atoms with van der Waals surface area (Å²) in [6.07, 6.45) is 0. The van der Waals surface area contributed by atoms with E-state index < -0.39 is 0 Å². The zero-order valence-electron chi connectivity index (χ0n) is 7.98. The largest absolute Gasteiger partial charge is 0.395 e. The molecule has 0 aliphatic heterocycles. The molecule has 0 saturated carbocycles. The van der Waals surface area contributed by atoms with Crippen LogP contribution in [0.15, 0.2) is 29.2 Å². The van der Waals surface area contributed by atoms with Crippen LogP contribution in [0.5, 0.6) is 0 Å². The van der Waals surface area contributed by atoms with E-state index in [0.29, 0.717) is 4.90 Å². The molecule has 0 heterocycles. The molecule has 1 rings (SSSR count). The van der Waals surface area contributed by atoms with E-state index in [-0.39, 0.29) is 23.7 Å². The number of benzene rings is 1. The van der Waals surface area contributed by atoms with Crippen molar-refractivity contribution >= 4 is 11.8 Å². The molecule has 3 N–H and O–H groups in total. The minimum Gasteiger partial charge on any atom is -0.395 e. The number of rotatable bonds is 4. The molecule has 2 atom stereocenters. The normalized spacial score (nSPS) is 15.1. The van der Waals surface area contributed by atoms with Gasteiger partial charge in [0, 0.05) is 16.2 Å². The zero-order chi connectivity index (χ0) is 10.6. The minimum absolute atomic E-state index is 0.0450. The van der Waals surface area contributed by atoms with Crippen LogP contribution in [-0.4, -0.2) is 23.0 Å². The summed E-state index contributed by atoms with van der Waals surface area (Å²) < 4.78 is 13.2. The van der Waals surface area contributed by atoms with Gasteiger partial charge in [0.25, 0.3) is 0 Å². The third kappa shape index (κ3) is 2.97. The summed E-state index contributed by atoms with van der Waals surface area (Å²) in [6, 6.07) is 6.33. The molecule has 0 fully saturated rings. The van der Waals surface area contributed by atoms with Crippen LogP contribution in [0.25, 0.3) is 0 Å². The number of hydrogen-bond acceptors (Lipinski definition) is 3. The fraction of sp³-hybridized carbons (Fsp3) is 0.400. The molecule has 0 amide bonds. The van der Waals surface area contributed by atoms with Crippen molar-refractivity contribution in [1.29, 1.82) is 0 Å². The molecule has 78 valence electrons. The first-order valence-corrected chi connectivity index (χ1v) is 5.30. The lowest BCUT2D eigenvalue weighted by molar-refractivity contribution is 0.285. The Hall–Kier alpha value is -0.580. The predicted octanol–water partition coefficient (Wildman–Crippen LogP) is 1.63. The average molecular weight is 215 g/mol. The highest BCUT2D eigenvalue weighted by molar-refractivity contribution is 8.00. The first kappa shape index (κ1) is 11.5. The fourth-order valence-electron chi connectivity index (χ4n) is 1.01. The van der Waals surface area contributed by atoms with E-state index >= 15 is 0 Å². The van der Waals surface area contributed by atoms with E-state index in [4.69, 9.17) is 10.8 Å². The number of halogens is 1. The highest BCUT2D eigenvalue weighted by Crippen LogP contribution is 2.26. The van der Waals surface area contributed by atoms with Crippen LogP contribution in [0.1, 0.15) is 6.92 Å². The quantitative estimate of drug-likeness (QED) is 0.750. The Morgan fingerprint density at radius 2 is 2.14 bits per heavy atom. The maximum atomic E-state index is 13.2.